The Kier molecular flexibility index (Phi) is 6.26. The summed E-state index contributed by atoms with van der Waals surface area (Å²) in [5, 5.41) is 27.8. The van der Waals surface area contributed by atoms with Gasteiger partial charge in [-0.2, -0.15) is 5.10 Å². The van der Waals surface area contributed by atoms with Crippen LogP contribution in [-0.4, -0.2) is 41.2 Å². The Labute approximate surface area is 171 Å². The predicted octanol–water partition coefficient (Wildman–Crippen LogP) is 1.68. The molecule has 1 aliphatic heterocycles. The second-order valence-electron chi connectivity index (χ2n) is 6.55. The number of carbonyl (C=O) groups is 2. The number of ether oxygens (including phenoxy) is 1. The molecule has 0 radical (unpaired) electrons. The van der Waals surface area contributed by atoms with Crippen molar-refractivity contribution in [2.45, 2.75) is 12.8 Å². The monoisotopic (exact) mass is 412 g/mol. The number of amides is 2. The number of nitro groups is 1. The smallest absolute Gasteiger partial charge is 0.274 e. The Balaban J connectivity index is 1.78. The van der Waals surface area contributed by atoms with Gasteiger partial charge in [0.15, 0.2) is 11.5 Å². The fraction of sp³-hybridized carbons (Fsp3) is 0.250. The van der Waals surface area contributed by atoms with E-state index in [2.05, 4.69) is 15.8 Å². The van der Waals surface area contributed by atoms with Crippen molar-refractivity contribution >= 4 is 23.7 Å². The first-order chi connectivity index (χ1) is 14.4. The van der Waals surface area contributed by atoms with Crippen LogP contribution in [0, 0.1) is 16.0 Å². The van der Waals surface area contributed by atoms with Crippen LogP contribution in [0.15, 0.2) is 47.6 Å². The number of nitro benzene ring substituents is 1. The van der Waals surface area contributed by atoms with E-state index in [1.165, 1.54) is 0 Å². The van der Waals surface area contributed by atoms with Crippen LogP contribution in [0.25, 0.3) is 0 Å². The molecule has 3 rings (SSSR count). The van der Waals surface area contributed by atoms with Gasteiger partial charge in [0.1, 0.15) is 5.92 Å². The summed E-state index contributed by atoms with van der Waals surface area (Å²) in [6, 6.07) is 11.4. The third-order valence-corrected chi connectivity index (χ3v) is 4.67. The first kappa shape index (κ1) is 20.8. The number of phenolic OH excluding ortho intramolecular Hbond substituents is 1. The lowest BCUT2D eigenvalue weighted by Crippen LogP contribution is -2.34. The molecular formula is C20H20N4O6. The summed E-state index contributed by atoms with van der Waals surface area (Å²) in [4.78, 5) is 35.2. The fourth-order valence-electron chi connectivity index (χ4n) is 3.25. The molecule has 0 bridgehead atoms. The lowest BCUT2D eigenvalue weighted by molar-refractivity contribution is -0.385. The van der Waals surface area contributed by atoms with Gasteiger partial charge >= 0.3 is 0 Å². The maximum absolute atomic E-state index is 12.6. The Bertz CT molecular complexity index is 992. The summed E-state index contributed by atoms with van der Waals surface area (Å²) >= 11 is 0. The van der Waals surface area contributed by atoms with E-state index in [1.54, 1.807) is 6.92 Å². The summed E-state index contributed by atoms with van der Waals surface area (Å²) < 4.78 is 5.20. The van der Waals surface area contributed by atoms with Gasteiger partial charge in [-0.1, -0.05) is 30.3 Å². The number of aromatic hydroxyl groups is 1. The molecule has 10 nitrogen and oxygen atoms in total. The molecule has 0 spiro atoms. The highest BCUT2D eigenvalue weighted by molar-refractivity contribution is 6.03. The number of phenols is 1. The van der Waals surface area contributed by atoms with Crippen molar-refractivity contribution < 1.29 is 24.4 Å². The van der Waals surface area contributed by atoms with Crippen LogP contribution in [0.2, 0.25) is 0 Å². The van der Waals surface area contributed by atoms with E-state index >= 15 is 0 Å². The van der Waals surface area contributed by atoms with Crippen molar-refractivity contribution in [2.24, 2.45) is 11.0 Å². The number of rotatable bonds is 7. The van der Waals surface area contributed by atoms with Crippen molar-refractivity contribution in [3.8, 4) is 11.5 Å². The minimum Gasteiger partial charge on any atom is -0.504 e. The van der Waals surface area contributed by atoms with Crippen LogP contribution >= 0.6 is 0 Å². The summed E-state index contributed by atoms with van der Waals surface area (Å²) in [7, 11) is 0. The van der Waals surface area contributed by atoms with Gasteiger partial charge in [-0.05, 0) is 12.5 Å². The molecular weight excluding hydrogens is 392 g/mol. The molecule has 0 aromatic heterocycles. The third kappa shape index (κ3) is 4.37. The van der Waals surface area contributed by atoms with Crippen molar-refractivity contribution in [1.82, 2.24) is 10.7 Å². The SMILES string of the molecule is CCOc1cc([N+](=O)[O-])cc(/C=N/NC(=O)C2C(=O)NCC2c2ccccc2)c1O. The Hall–Kier alpha value is -3.95. The lowest BCUT2D eigenvalue weighted by atomic mass is 9.88. The number of hydrazone groups is 1. The molecule has 1 aliphatic rings. The van der Waals surface area contributed by atoms with Crippen molar-refractivity contribution in [1.29, 1.82) is 0 Å². The van der Waals surface area contributed by atoms with Crippen LogP contribution < -0.4 is 15.5 Å². The molecule has 0 saturated carbocycles. The molecule has 3 N–H and O–H groups in total. The average Bonchev–Trinajstić information content (AvgIpc) is 3.12. The van der Waals surface area contributed by atoms with Crippen LogP contribution in [0.3, 0.4) is 0 Å². The van der Waals surface area contributed by atoms with E-state index < -0.39 is 22.7 Å². The minimum absolute atomic E-state index is 0.0107. The third-order valence-electron chi connectivity index (χ3n) is 4.67. The highest BCUT2D eigenvalue weighted by Gasteiger charge is 2.40. The minimum atomic E-state index is -0.970. The molecule has 2 atom stereocenters. The number of benzene rings is 2. The number of hydrogen-bond acceptors (Lipinski definition) is 7. The zero-order chi connectivity index (χ0) is 21.7. The van der Waals surface area contributed by atoms with Crippen LogP contribution in [0.1, 0.15) is 24.0 Å². The summed E-state index contributed by atoms with van der Waals surface area (Å²) in [6.07, 6.45) is 1.06. The standard InChI is InChI=1S/C20H20N4O6/c1-2-30-16-9-14(24(28)29)8-13(18(16)25)10-22-23-20(27)17-15(11-21-19(17)26)12-6-4-3-5-7-12/h3-10,15,17,25H,2,11H2,1H3,(H,21,26)(H,23,27)/b22-10+. The van der Waals surface area contributed by atoms with Crippen LogP contribution in [0.5, 0.6) is 11.5 Å². The fourth-order valence-corrected chi connectivity index (χ4v) is 3.25. The number of nitrogens with zero attached hydrogens (tertiary/aromatic N) is 2. The van der Waals surface area contributed by atoms with E-state index in [0.717, 1.165) is 23.9 Å². The molecule has 10 heteroatoms. The second-order valence-corrected chi connectivity index (χ2v) is 6.55. The number of hydrogen-bond donors (Lipinski definition) is 3. The summed E-state index contributed by atoms with van der Waals surface area (Å²) in [5.41, 5.74) is 2.81. The van der Waals surface area contributed by atoms with E-state index in [-0.39, 0.29) is 35.3 Å². The normalized spacial score (nSPS) is 18.2. The lowest BCUT2D eigenvalue weighted by Gasteiger charge is -2.15. The van der Waals surface area contributed by atoms with E-state index in [0.29, 0.717) is 6.54 Å². The Morgan fingerprint density at radius 1 is 1.40 bits per heavy atom. The van der Waals surface area contributed by atoms with Crippen molar-refractivity contribution in [3.63, 3.8) is 0 Å². The highest BCUT2D eigenvalue weighted by Crippen LogP contribution is 2.34. The quantitative estimate of drug-likeness (QED) is 0.273. The van der Waals surface area contributed by atoms with Gasteiger partial charge in [0.05, 0.1) is 23.8 Å². The molecule has 1 fully saturated rings. The van der Waals surface area contributed by atoms with Crippen molar-refractivity contribution in [3.05, 3.63) is 63.7 Å². The van der Waals surface area contributed by atoms with Gasteiger partial charge in [0, 0.05) is 24.1 Å². The molecule has 2 amide bonds. The maximum Gasteiger partial charge on any atom is 0.274 e. The zero-order valence-electron chi connectivity index (χ0n) is 16.1. The Morgan fingerprint density at radius 2 is 2.13 bits per heavy atom. The van der Waals surface area contributed by atoms with E-state index in [4.69, 9.17) is 4.74 Å². The molecule has 2 unspecified atom stereocenters. The van der Waals surface area contributed by atoms with Gasteiger partial charge in [-0.3, -0.25) is 19.7 Å². The van der Waals surface area contributed by atoms with Gasteiger partial charge in [0.2, 0.25) is 5.91 Å². The van der Waals surface area contributed by atoms with Crippen LogP contribution in [0.4, 0.5) is 5.69 Å². The first-order valence-corrected chi connectivity index (χ1v) is 9.22. The molecule has 0 aliphatic carbocycles. The van der Waals surface area contributed by atoms with Gasteiger partial charge in [0.25, 0.3) is 11.6 Å². The van der Waals surface area contributed by atoms with Crippen molar-refractivity contribution in [2.75, 3.05) is 13.2 Å². The van der Waals surface area contributed by atoms with E-state index in [1.807, 2.05) is 30.3 Å². The largest absolute Gasteiger partial charge is 0.504 e. The zero-order valence-corrected chi connectivity index (χ0v) is 16.1. The van der Waals surface area contributed by atoms with Crippen LogP contribution in [-0.2, 0) is 9.59 Å². The second kappa shape index (κ2) is 9.03. The number of carbonyl (C=O) groups excluding carboxylic acids is 2. The molecule has 1 saturated heterocycles. The number of nitrogens with one attached hydrogen (secondary N) is 2. The number of non-ortho nitro benzene ring substituents is 1. The molecule has 1 heterocycles. The average molecular weight is 412 g/mol. The predicted molar refractivity (Wildman–Crippen MR) is 107 cm³/mol. The van der Waals surface area contributed by atoms with Gasteiger partial charge < -0.3 is 15.2 Å². The van der Waals surface area contributed by atoms with Gasteiger partial charge in [-0.25, -0.2) is 5.43 Å². The maximum atomic E-state index is 12.6. The highest BCUT2D eigenvalue weighted by atomic mass is 16.6. The van der Waals surface area contributed by atoms with E-state index in [9.17, 15) is 24.8 Å². The Morgan fingerprint density at radius 3 is 2.80 bits per heavy atom. The molecule has 2 aromatic carbocycles. The molecule has 156 valence electrons. The summed E-state index contributed by atoms with van der Waals surface area (Å²) in [5.74, 6) is -2.76. The van der Waals surface area contributed by atoms with Gasteiger partial charge in [-0.15, -0.1) is 0 Å². The summed E-state index contributed by atoms with van der Waals surface area (Å²) in [6.45, 7) is 2.19. The molecule has 2 aromatic rings. The first-order valence-electron chi connectivity index (χ1n) is 9.22. The topological polar surface area (TPSA) is 143 Å². The molecule has 30 heavy (non-hydrogen) atoms.